The minimum absolute atomic E-state index is 0.198. The van der Waals surface area contributed by atoms with Crippen LogP contribution in [0.1, 0.15) is 79.0 Å². The van der Waals surface area contributed by atoms with E-state index in [1.165, 1.54) is 44.5 Å². The number of Topliss-reactive ketones (excluding diaryl/α,β-unsaturated/α-hetero) is 1. The second kappa shape index (κ2) is 6.51. The molecule has 0 saturated heterocycles. The highest BCUT2D eigenvalue weighted by atomic mass is 16.5. The smallest absolute Gasteiger partial charge is 0.173 e. The first-order valence-electron chi connectivity index (χ1n) is 9.88. The summed E-state index contributed by atoms with van der Waals surface area (Å²) in [6, 6.07) is 0. The van der Waals surface area contributed by atoms with Gasteiger partial charge in [0.05, 0.1) is 11.5 Å². The first-order valence-corrected chi connectivity index (χ1v) is 9.88. The highest BCUT2D eigenvalue weighted by molar-refractivity contribution is 6.03. The van der Waals surface area contributed by atoms with Crippen molar-refractivity contribution in [3.63, 3.8) is 0 Å². The zero-order chi connectivity index (χ0) is 20.4. The van der Waals surface area contributed by atoms with Gasteiger partial charge in [-0.3, -0.25) is 4.79 Å². The Kier molecular flexibility index (Phi) is 4.74. The Morgan fingerprint density at radius 2 is 1.00 bits per heavy atom. The topological polar surface area (TPSA) is 26.3 Å². The number of hydrogen-bond donors (Lipinski definition) is 0. The molecule has 2 aromatic rings. The Morgan fingerprint density at radius 1 is 0.593 bits per heavy atom. The second-order valence-corrected chi connectivity index (χ2v) is 8.43. The van der Waals surface area contributed by atoms with Crippen molar-refractivity contribution in [1.29, 1.82) is 0 Å². The van der Waals surface area contributed by atoms with Gasteiger partial charge in [0, 0.05) is 0 Å². The molecule has 0 N–H and O–H groups in total. The standard InChI is InChI=1S/C25H32O2/c1-11-12(2)16(6)21(17(7)13(11)3)25-20(10)23(26)22-18(8)14(4)15(5)19(9)24(22)27-25/h20,25H,1-10H3. The first kappa shape index (κ1) is 19.7. The molecule has 0 aromatic heterocycles. The summed E-state index contributed by atoms with van der Waals surface area (Å²) in [6.45, 7) is 21.2. The normalized spacial score (nSPS) is 19.1. The molecule has 0 spiro atoms. The van der Waals surface area contributed by atoms with E-state index >= 15 is 0 Å². The first-order chi connectivity index (χ1) is 12.5. The fraction of sp³-hybridized carbons (Fsp3) is 0.480. The van der Waals surface area contributed by atoms with Crippen molar-refractivity contribution < 1.29 is 9.53 Å². The maximum atomic E-state index is 13.4. The van der Waals surface area contributed by atoms with Gasteiger partial charge in [-0.1, -0.05) is 6.92 Å². The average Bonchev–Trinajstić information content (AvgIpc) is 2.64. The van der Waals surface area contributed by atoms with Crippen molar-refractivity contribution in [3.8, 4) is 5.75 Å². The summed E-state index contributed by atoms with van der Waals surface area (Å²) in [7, 11) is 0. The zero-order valence-electron chi connectivity index (χ0n) is 18.5. The number of ether oxygens (including phenoxy) is 1. The van der Waals surface area contributed by atoms with E-state index in [1.54, 1.807) is 0 Å². The van der Waals surface area contributed by atoms with Crippen LogP contribution in [0.3, 0.4) is 0 Å². The van der Waals surface area contributed by atoms with Crippen LogP contribution in [0, 0.1) is 68.2 Å². The summed E-state index contributed by atoms with van der Waals surface area (Å²) in [4.78, 5) is 13.4. The quantitative estimate of drug-likeness (QED) is 0.584. The van der Waals surface area contributed by atoms with Crippen LogP contribution in [0.5, 0.6) is 5.75 Å². The Morgan fingerprint density at radius 3 is 1.52 bits per heavy atom. The molecule has 1 aliphatic rings. The van der Waals surface area contributed by atoms with Gasteiger partial charge in [0.25, 0.3) is 0 Å². The molecule has 1 heterocycles. The predicted molar refractivity (Wildman–Crippen MR) is 112 cm³/mol. The molecule has 3 rings (SSSR count). The molecule has 2 aromatic carbocycles. The lowest BCUT2D eigenvalue weighted by atomic mass is 9.78. The summed E-state index contributed by atoms with van der Waals surface area (Å²) in [6.07, 6.45) is -0.233. The van der Waals surface area contributed by atoms with Crippen LogP contribution in [0.4, 0.5) is 0 Å². The van der Waals surface area contributed by atoms with Gasteiger partial charge >= 0.3 is 0 Å². The maximum Gasteiger partial charge on any atom is 0.173 e. The van der Waals surface area contributed by atoms with Gasteiger partial charge in [0.15, 0.2) is 5.78 Å². The largest absolute Gasteiger partial charge is 0.484 e. The lowest BCUT2D eigenvalue weighted by Gasteiger charge is -2.36. The molecule has 2 heteroatoms. The lowest BCUT2D eigenvalue weighted by Crippen LogP contribution is -2.32. The van der Waals surface area contributed by atoms with E-state index in [9.17, 15) is 4.79 Å². The number of carbonyl (C=O) groups is 1. The summed E-state index contributed by atoms with van der Waals surface area (Å²) in [5, 5.41) is 0. The number of rotatable bonds is 1. The molecule has 0 amide bonds. The molecular weight excluding hydrogens is 332 g/mol. The fourth-order valence-corrected chi connectivity index (χ4v) is 4.58. The van der Waals surface area contributed by atoms with E-state index in [0.29, 0.717) is 0 Å². The molecule has 2 nitrogen and oxygen atoms in total. The molecule has 2 unspecified atom stereocenters. The van der Waals surface area contributed by atoms with Crippen molar-refractivity contribution in [2.45, 2.75) is 75.3 Å². The van der Waals surface area contributed by atoms with Crippen LogP contribution in [0.2, 0.25) is 0 Å². The van der Waals surface area contributed by atoms with Crippen LogP contribution >= 0.6 is 0 Å². The molecule has 27 heavy (non-hydrogen) atoms. The van der Waals surface area contributed by atoms with Crippen LogP contribution in [0.15, 0.2) is 0 Å². The van der Waals surface area contributed by atoms with Crippen molar-refractivity contribution in [3.05, 3.63) is 61.2 Å². The molecule has 2 atom stereocenters. The predicted octanol–water partition coefficient (Wildman–Crippen LogP) is 6.41. The van der Waals surface area contributed by atoms with Crippen LogP contribution in [-0.2, 0) is 0 Å². The third-order valence-electron chi connectivity index (χ3n) is 7.33. The van der Waals surface area contributed by atoms with Crippen LogP contribution < -0.4 is 4.74 Å². The zero-order valence-corrected chi connectivity index (χ0v) is 18.5. The van der Waals surface area contributed by atoms with Crippen molar-refractivity contribution in [1.82, 2.24) is 0 Å². The summed E-state index contributed by atoms with van der Waals surface area (Å²) in [5.41, 5.74) is 13.0. The highest BCUT2D eigenvalue weighted by Gasteiger charge is 2.39. The average molecular weight is 365 g/mol. The highest BCUT2D eigenvalue weighted by Crippen LogP contribution is 2.46. The minimum atomic E-state index is -0.233. The van der Waals surface area contributed by atoms with Crippen molar-refractivity contribution in [2.75, 3.05) is 0 Å². The van der Waals surface area contributed by atoms with Crippen molar-refractivity contribution in [2.24, 2.45) is 5.92 Å². The minimum Gasteiger partial charge on any atom is -0.484 e. The third-order valence-corrected chi connectivity index (χ3v) is 7.33. The number of carbonyl (C=O) groups excluding carboxylic acids is 1. The Balaban J connectivity index is 2.29. The van der Waals surface area contributed by atoms with Crippen LogP contribution in [-0.4, -0.2) is 5.78 Å². The Labute approximate surface area is 164 Å². The van der Waals surface area contributed by atoms with E-state index in [1.807, 2.05) is 13.8 Å². The number of hydrogen-bond acceptors (Lipinski definition) is 2. The van der Waals surface area contributed by atoms with Gasteiger partial charge in [-0.05, 0) is 118 Å². The molecule has 0 radical (unpaired) electrons. The third kappa shape index (κ3) is 2.64. The molecule has 0 fully saturated rings. The van der Waals surface area contributed by atoms with E-state index in [-0.39, 0.29) is 17.8 Å². The Hall–Kier alpha value is -2.09. The summed E-state index contributed by atoms with van der Waals surface area (Å²) in [5.74, 6) is 0.801. The summed E-state index contributed by atoms with van der Waals surface area (Å²) < 4.78 is 6.64. The molecule has 0 saturated carbocycles. The SMILES string of the molecule is Cc1c(C)c(C)c(C2Oc3c(C)c(C)c(C)c(C)c3C(=O)C2C)c(C)c1C. The molecule has 1 aliphatic heterocycles. The van der Waals surface area contributed by atoms with Gasteiger partial charge < -0.3 is 4.74 Å². The number of benzene rings is 2. The molecule has 0 bridgehead atoms. The van der Waals surface area contributed by atoms with Gasteiger partial charge in [0.2, 0.25) is 0 Å². The summed E-state index contributed by atoms with van der Waals surface area (Å²) >= 11 is 0. The maximum absolute atomic E-state index is 13.4. The van der Waals surface area contributed by atoms with E-state index in [4.69, 9.17) is 4.74 Å². The lowest BCUT2D eigenvalue weighted by molar-refractivity contribution is 0.0683. The van der Waals surface area contributed by atoms with E-state index in [2.05, 4.69) is 55.4 Å². The molecule has 144 valence electrons. The second-order valence-electron chi connectivity index (χ2n) is 8.43. The van der Waals surface area contributed by atoms with Crippen molar-refractivity contribution >= 4 is 5.78 Å². The Bertz CT molecular complexity index is 950. The van der Waals surface area contributed by atoms with Gasteiger partial charge in [0.1, 0.15) is 11.9 Å². The van der Waals surface area contributed by atoms with Gasteiger partial charge in [-0.2, -0.15) is 0 Å². The monoisotopic (exact) mass is 364 g/mol. The van der Waals surface area contributed by atoms with Gasteiger partial charge in [-0.15, -0.1) is 0 Å². The van der Waals surface area contributed by atoms with Gasteiger partial charge in [-0.25, -0.2) is 0 Å². The fourth-order valence-electron chi connectivity index (χ4n) is 4.58. The van der Waals surface area contributed by atoms with E-state index < -0.39 is 0 Å². The molecular formula is C25H32O2. The molecule has 0 aliphatic carbocycles. The number of ketones is 1. The van der Waals surface area contributed by atoms with E-state index in [0.717, 1.165) is 22.4 Å². The van der Waals surface area contributed by atoms with Crippen LogP contribution in [0.25, 0.3) is 0 Å². The number of fused-ring (bicyclic) bond motifs is 1.